The van der Waals surface area contributed by atoms with Crippen LogP contribution in [0.5, 0.6) is 0 Å². The fourth-order valence-corrected chi connectivity index (χ4v) is 2.01. The number of hydrogen-bond donors (Lipinski definition) is 2. The Kier molecular flexibility index (Phi) is 10.1. The van der Waals surface area contributed by atoms with Crippen molar-refractivity contribution in [2.24, 2.45) is 11.7 Å². The molecule has 0 unspecified atom stereocenters. The topological polar surface area (TPSA) is 55.1 Å². The van der Waals surface area contributed by atoms with Gasteiger partial charge in [-0.2, -0.15) is 0 Å². The quantitative estimate of drug-likeness (QED) is 0.725. The van der Waals surface area contributed by atoms with Gasteiger partial charge in [0.05, 0.1) is 6.42 Å². The van der Waals surface area contributed by atoms with E-state index in [1.807, 2.05) is 0 Å². The van der Waals surface area contributed by atoms with Crippen molar-refractivity contribution in [3.8, 4) is 0 Å². The van der Waals surface area contributed by atoms with Crippen LogP contribution in [0.15, 0.2) is 24.3 Å². The van der Waals surface area contributed by atoms with Gasteiger partial charge < -0.3 is 11.1 Å². The molecule has 0 saturated carbocycles. The first-order valence-electron chi connectivity index (χ1n) is 7.16. The van der Waals surface area contributed by atoms with Crippen LogP contribution in [-0.4, -0.2) is 19.0 Å². The van der Waals surface area contributed by atoms with Crippen LogP contribution in [0.2, 0.25) is 0 Å². The van der Waals surface area contributed by atoms with Crippen LogP contribution in [0, 0.1) is 5.92 Å². The lowest BCUT2D eigenvalue weighted by Gasteiger charge is -2.07. The Morgan fingerprint density at radius 2 is 1.75 bits per heavy atom. The second-order valence-electron chi connectivity index (χ2n) is 5.44. The molecule has 0 bridgehead atoms. The first kappa shape index (κ1) is 18.9. The van der Waals surface area contributed by atoms with Gasteiger partial charge in [-0.3, -0.25) is 4.79 Å². The lowest BCUT2D eigenvalue weighted by molar-refractivity contribution is -0.120. The molecule has 0 aromatic heterocycles. The minimum atomic E-state index is 0. The Balaban J connectivity index is 0.00000361. The number of unbranched alkanes of at least 4 members (excludes halogenated alkanes) is 1. The van der Waals surface area contributed by atoms with Crippen molar-refractivity contribution in [3.63, 3.8) is 0 Å². The zero-order chi connectivity index (χ0) is 14.1. The Morgan fingerprint density at radius 1 is 1.15 bits per heavy atom. The minimum absolute atomic E-state index is 0. The molecule has 0 radical (unpaired) electrons. The Labute approximate surface area is 128 Å². The van der Waals surface area contributed by atoms with E-state index in [2.05, 4.69) is 43.4 Å². The summed E-state index contributed by atoms with van der Waals surface area (Å²) in [5, 5.41) is 2.92. The summed E-state index contributed by atoms with van der Waals surface area (Å²) in [6.07, 6.45) is 3.47. The first-order valence-corrected chi connectivity index (χ1v) is 7.16. The molecule has 1 aromatic carbocycles. The highest BCUT2D eigenvalue weighted by molar-refractivity contribution is 5.85. The number of nitrogens with two attached hydrogens (primary N) is 1. The standard InChI is InChI=1S/C16H26N2O.ClH/c1-13(2)11-14-5-7-15(8-6-14)12-16(19)18-10-4-3-9-17;/h5-8,13H,3-4,9-12,17H2,1-2H3,(H,18,19);1H. The molecule has 4 heteroatoms. The lowest BCUT2D eigenvalue weighted by atomic mass is 10.0. The van der Waals surface area contributed by atoms with Crippen LogP contribution in [0.25, 0.3) is 0 Å². The number of hydrogen-bond acceptors (Lipinski definition) is 2. The van der Waals surface area contributed by atoms with Crippen molar-refractivity contribution < 1.29 is 4.79 Å². The average Bonchev–Trinajstić information content (AvgIpc) is 2.36. The van der Waals surface area contributed by atoms with Crippen LogP contribution in [-0.2, 0) is 17.6 Å². The molecule has 1 amide bonds. The predicted molar refractivity (Wildman–Crippen MR) is 87.2 cm³/mol. The normalized spacial score (nSPS) is 10.2. The van der Waals surface area contributed by atoms with Gasteiger partial charge >= 0.3 is 0 Å². The van der Waals surface area contributed by atoms with E-state index in [0.717, 1.165) is 31.4 Å². The summed E-state index contributed by atoms with van der Waals surface area (Å²) in [6.45, 7) is 5.83. The third-order valence-corrected chi connectivity index (χ3v) is 2.98. The zero-order valence-electron chi connectivity index (χ0n) is 12.5. The van der Waals surface area contributed by atoms with E-state index in [-0.39, 0.29) is 18.3 Å². The van der Waals surface area contributed by atoms with Crippen molar-refractivity contribution in [3.05, 3.63) is 35.4 Å². The van der Waals surface area contributed by atoms with Crippen molar-refractivity contribution in [2.45, 2.75) is 39.5 Å². The molecule has 114 valence electrons. The van der Waals surface area contributed by atoms with E-state index in [0.29, 0.717) is 18.9 Å². The molecule has 20 heavy (non-hydrogen) atoms. The molecule has 1 aromatic rings. The highest BCUT2D eigenvalue weighted by Crippen LogP contribution is 2.10. The van der Waals surface area contributed by atoms with Gasteiger partial charge in [0, 0.05) is 6.54 Å². The number of amides is 1. The van der Waals surface area contributed by atoms with Crippen LogP contribution >= 0.6 is 12.4 Å². The molecule has 0 heterocycles. The second-order valence-corrected chi connectivity index (χ2v) is 5.44. The maximum atomic E-state index is 11.7. The van der Waals surface area contributed by atoms with Crippen LogP contribution < -0.4 is 11.1 Å². The molecule has 1 rings (SSSR count). The SMILES string of the molecule is CC(C)Cc1ccc(CC(=O)NCCCCN)cc1.Cl. The number of carbonyl (C=O) groups is 1. The summed E-state index contributed by atoms with van der Waals surface area (Å²) < 4.78 is 0. The van der Waals surface area contributed by atoms with Gasteiger partial charge in [0.15, 0.2) is 0 Å². The molecule has 0 aliphatic rings. The van der Waals surface area contributed by atoms with E-state index in [9.17, 15) is 4.79 Å². The Bertz CT molecular complexity index is 377. The average molecular weight is 299 g/mol. The summed E-state index contributed by atoms with van der Waals surface area (Å²) in [4.78, 5) is 11.7. The largest absolute Gasteiger partial charge is 0.356 e. The lowest BCUT2D eigenvalue weighted by Crippen LogP contribution is -2.26. The summed E-state index contributed by atoms with van der Waals surface area (Å²) >= 11 is 0. The van der Waals surface area contributed by atoms with Crippen molar-refractivity contribution in [2.75, 3.05) is 13.1 Å². The van der Waals surface area contributed by atoms with Crippen molar-refractivity contribution >= 4 is 18.3 Å². The molecule has 0 fully saturated rings. The number of benzene rings is 1. The molecular formula is C16H27ClN2O. The number of nitrogens with one attached hydrogen (secondary N) is 1. The maximum absolute atomic E-state index is 11.7. The zero-order valence-corrected chi connectivity index (χ0v) is 13.3. The van der Waals surface area contributed by atoms with Gasteiger partial charge in [0.1, 0.15) is 0 Å². The van der Waals surface area contributed by atoms with Gasteiger partial charge in [0.25, 0.3) is 0 Å². The molecular weight excluding hydrogens is 272 g/mol. The monoisotopic (exact) mass is 298 g/mol. The van der Waals surface area contributed by atoms with Gasteiger partial charge in [-0.05, 0) is 42.9 Å². The highest BCUT2D eigenvalue weighted by atomic mass is 35.5. The first-order chi connectivity index (χ1) is 9.11. The Morgan fingerprint density at radius 3 is 2.30 bits per heavy atom. The third kappa shape index (κ3) is 8.18. The number of carbonyl (C=O) groups excluding carboxylic acids is 1. The van der Waals surface area contributed by atoms with E-state index < -0.39 is 0 Å². The highest BCUT2D eigenvalue weighted by Gasteiger charge is 2.03. The van der Waals surface area contributed by atoms with Crippen molar-refractivity contribution in [1.82, 2.24) is 5.32 Å². The van der Waals surface area contributed by atoms with Gasteiger partial charge in [-0.1, -0.05) is 38.1 Å². The smallest absolute Gasteiger partial charge is 0.224 e. The molecule has 0 spiro atoms. The third-order valence-electron chi connectivity index (χ3n) is 2.98. The summed E-state index contributed by atoms with van der Waals surface area (Å²) in [5.41, 5.74) is 7.81. The molecule has 0 aliphatic heterocycles. The van der Waals surface area contributed by atoms with E-state index in [1.54, 1.807) is 0 Å². The van der Waals surface area contributed by atoms with E-state index in [4.69, 9.17) is 5.73 Å². The number of halogens is 1. The molecule has 3 N–H and O–H groups in total. The fourth-order valence-electron chi connectivity index (χ4n) is 2.01. The van der Waals surface area contributed by atoms with Gasteiger partial charge in [-0.25, -0.2) is 0 Å². The van der Waals surface area contributed by atoms with E-state index >= 15 is 0 Å². The van der Waals surface area contributed by atoms with E-state index in [1.165, 1.54) is 5.56 Å². The second kappa shape index (κ2) is 10.7. The van der Waals surface area contributed by atoms with Gasteiger partial charge in [0.2, 0.25) is 5.91 Å². The molecule has 3 nitrogen and oxygen atoms in total. The van der Waals surface area contributed by atoms with Crippen LogP contribution in [0.3, 0.4) is 0 Å². The van der Waals surface area contributed by atoms with Crippen molar-refractivity contribution in [1.29, 1.82) is 0 Å². The minimum Gasteiger partial charge on any atom is -0.356 e. The van der Waals surface area contributed by atoms with Gasteiger partial charge in [-0.15, -0.1) is 12.4 Å². The Hall–Kier alpha value is -1.06. The van der Waals surface area contributed by atoms with Crippen LogP contribution in [0.1, 0.15) is 37.8 Å². The summed E-state index contributed by atoms with van der Waals surface area (Å²) in [6, 6.07) is 8.35. The molecule has 0 aliphatic carbocycles. The summed E-state index contributed by atoms with van der Waals surface area (Å²) in [5.74, 6) is 0.755. The maximum Gasteiger partial charge on any atom is 0.224 e. The summed E-state index contributed by atoms with van der Waals surface area (Å²) in [7, 11) is 0. The number of rotatable bonds is 8. The van der Waals surface area contributed by atoms with Crippen LogP contribution in [0.4, 0.5) is 0 Å². The molecule has 0 atom stereocenters. The predicted octanol–water partition coefficient (Wildman–Crippen LogP) is 2.70. The fraction of sp³-hybridized carbons (Fsp3) is 0.562. The molecule has 0 saturated heterocycles.